The molecule has 1 saturated heterocycles. The minimum atomic E-state index is -0.324. The van der Waals surface area contributed by atoms with Gasteiger partial charge in [-0.05, 0) is 24.6 Å². The number of aromatic nitrogens is 1. The summed E-state index contributed by atoms with van der Waals surface area (Å²) >= 11 is 0. The Morgan fingerprint density at radius 2 is 2.14 bits per heavy atom. The van der Waals surface area contributed by atoms with Crippen molar-refractivity contribution in [3.8, 4) is 0 Å². The minimum absolute atomic E-state index is 0.159. The molecule has 0 amide bonds. The number of ether oxygens (including phenoxy) is 2. The highest BCUT2D eigenvalue weighted by Crippen LogP contribution is 2.36. The van der Waals surface area contributed by atoms with E-state index in [1.807, 2.05) is 19.2 Å². The molecular formula is C17H22N2O2. The van der Waals surface area contributed by atoms with Gasteiger partial charge in [0.1, 0.15) is 0 Å². The van der Waals surface area contributed by atoms with Crippen LogP contribution in [0.15, 0.2) is 36.5 Å². The first-order valence-electron chi connectivity index (χ1n) is 7.57. The van der Waals surface area contributed by atoms with Crippen molar-refractivity contribution in [2.75, 3.05) is 19.8 Å². The lowest BCUT2D eigenvalue weighted by molar-refractivity contribution is -0.121. The van der Waals surface area contributed by atoms with Crippen LogP contribution in [0, 0.1) is 0 Å². The average molecular weight is 286 g/mol. The summed E-state index contributed by atoms with van der Waals surface area (Å²) in [4.78, 5) is 4.42. The summed E-state index contributed by atoms with van der Waals surface area (Å²) < 4.78 is 11.6. The van der Waals surface area contributed by atoms with Gasteiger partial charge in [0.15, 0.2) is 0 Å². The van der Waals surface area contributed by atoms with Crippen LogP contribution in [0.4, 0.5) is 0 Å². The van der Waals surface area contributed by atoms with Crippen molar-refractivity contribution in [3.63, 3.8) is 0 Å². The Kier molecular flexibility index (Phi) is 4.19. The van der Waals surface area contributed by atoms with Crippen LogP contribution in [-0.4, -0.2) is 30.4 Å². The molecule has 1 aliphatic heterocycles. The van der Waals surface area contributed by atoms with Gasteiger partial charge in [-0.2, -0.15) is 0 Å². The highest BCUT2D eigenvalue weighted by Gasteiger charge is 2.40. The first-order valence-corrected chi connectivity index (χ1v) is 7.57. The van der Waals surface area contributed by atoms with E-state index in [0.717, 1.165) is 29.3 Å². The molecule has 21 heavy (non-hydrogen) atoms. The molecule has 0 spiro atoms. The Morgan fingerprint density at radius 1 is 1.33 bits per heavy atom. The summed E-state index contributed by atoms with van der Waals surface area (Å²) in [6.45, 7) is 4.10. The van der Waals surface area contributed by atoms with E-state index in [2.05, 4.69) is 29.2 Å². The molecule has 1 fully saturated rings. The number of fused-ring (bicyclic) bond motifs is 1. The first-order chi connectivity index (χ1) is 10.2. The summed E-state index contributed by atoms with van der Waals surface area (Å²) in [7, 11) is 0. The molecule has 0 bridgehead atoms. The van der Waals surface area contributed by atoms with Crippen LogP contribution >= 0.6 is 0 Å². The van der Waals surface area contributed by atoms with E-state index in [4.69, 9.17) is 15.2 Å². The van der Waals surface area contributed by atoms with Gasteiger partial charge < -0.3 is 15.2 Å². The van der Waals surface area contributed by atoms with Crippen molar-refractivity contribution < 1.29 is 9.47 Å². The number of pyridine rings is 1. The van der Waals surface area contributed by atoms with Crippen molar-refractivity contribution in [2.45, 2.75) is 31.4 Å². The van der Waals surface area contributed by atoms with Gasteiger partial charge in [-0.3, -0.25) is 4.98 Å². The average Bonchev–Trinajstić information content (AvgIpc) is 2.55. The second-order valence-corrected chi connectivity index (χ2v) is 5.54. The molecule has 1 aromatic carbocycles. The predicted octanol–water partition coefficient (Wildman–Crippen LogP) is 2.82. The Balaban J connectivity index is 1.95. The Labute approximate surface area is 125 Å². The molecule has 0 saturated carbocycles. The van der Waals surface area contributed by atoms with Crippen LogP contribution in [0.1, 0.15) is 31.4 Å². The van der Waals surface area contributed by atoms with Crippen LogP contribution < -0.4 is 5.73 Å². The normalized spacial score (nSPS) is 19.5. The lowest BCUT2D eigenvalue weighted by Gasteiger charge is -2.41. The van der Waals surface area contributed by atoms with Gasteiger partial charge in [0.05, 0.1) is 17.2 Å². The summed E-state index contributed by atoms with van der Waals surface area (Å²) in [6, 6.07) is 10.1. The number of hydrogen-bond acceptors (Lipinski definition) is 4. The third-order valence-electron chi connectivity index (χ3n) is 4.33. The molecule has 0 aliphatic carbocycles. The standard InChI is InChI=1S/C17H22N2O2/c1-2-21-17(7-10-20-11-8-17)16(18)14-6-5-13-4-3-9-19-15(13)12-14/h3-6,9,12,16H,2,7-8,10-11,18H2,1H3. The Morgan fingerprint density at radius 3 is 2.90 bits per heavy atom. The fourth-order valence-electron chi connectivity index (χ4n) is 3.13. The molecule has 1 unspecified atom stereocenters. The van der Waals surface area contributed by atoms with Crippen molar-refractivity contribution in [2.24, 2.45) is 5.73 Å². The van der Waals surface area contributed by atoms with E-state index in [0.29, 0.717) is 19.8 Å². The molecule has 4 nitrogen and oxygen atoms in total. The van der Waals surface area contributed by atoms with E-state index in [-0.39, 0.29) is 11.6 Å². The second kappa shape index (κ2) is 6.10. The molecular weight excluding hydrogens is 264 g/mol. The van der Waals surface area contributed by atoms with Gasteiger partial charge in [0.25, 0.3) is 0 Å². The summed E-state index contributed by atoms with van der Waals surface area (Å²) in [5, 5.41) is 1.13. The summed E-state index contributed by atoms with van der Waals surface area (Å²) in [5.41, 5.74) is 8.31. The SMILES string of the molecule is CCOC1(C(N)c2ccc3cccnc3c2)CCOCC1. The number of hydrogen-bond donors (Lipinski definition) is 1. The largest absolute Gasteiger partial charge is 0.381 e. The van der Waals surface area contributed by atoms with Crippen LogP contribution in [0.5, 0.6) is 0 Å². The lowest BCUT2D eigenvalue weighted by Crippen LogP contribution is -2.48. The van der Waals surface area contributed by atoms with E-state index < -0.39 is 0 Å². The molecule has 3 rings (SSSR count). The molecule has 112 valence electrons. The van der Waals surface area contributed by atoms with Crippen LogP contribution in [0.3, 0.4) is 0 Å². The minimum Gasteiger partial charge on any atom is -0.381 e. The zero-order chi connectivity index (χ0) is 14.7. The monoisotopic (exact) mass is 286 g/mol. The van der Waals surface area contributed by atoms with Crippen molar-refractivity contribution in [3.05, 3.63) is 42.1 Å². The van der Waals surface area contributed by atoms with E-state index in [1.54, 1.807) is 0 Å². The van der Waals surface area contributed by atoms with Crippen LogP contribution in [0.25, 0.3) is 10.9 Å². The van der Waals surface area contributed by atoms with Crippen LogP contribution in [0.2, 0.25) is 0 Å². The fourth-order valence-corrected chi connectivity index (χ4v) is 3.13. The third-order valence-corrected chi connectivity index (χ3v) is 4.33. The summed E-state index contributed by atoms with van der Waals surface area (Å²) in [6.07, 6.45) is 3.48. The number of rotatable bonds is 4. The van der Waals surface area contributed by atoms with Crippen molar-refractivity contribution in [1.29, 1.82) is 0 Å². The van der Waals surface area contributed by atoms with Gasteiger partial charge >= 0.3 is 0 Å². The van der Waals surface area contributed by atoms with E-state index in [1.165, 1.54) is 0 Å². The van der Waals surface area contributed by atoms with Gasteiger partial charge in [0, 0.05) is 44.2 Å². The van der Waals surface area contributed by atoms with Gasteiger partial charge in [0.2, 0.25) is 0 Å². The number of nitrogens with two attached hydrogens (primary N) is 1. The zero-order valence-corrected chi connectivity index (χ0v) is 12.4. The summed E-state index contributed by atoms with van der Waals surface area (Å²) in [5.74, 6) is 0. The molecule has 2 aromatic rings. The molecule has 0 radical (unpaired) electrons. The smallest absolute Gasteiger partial charge is 0.0917 e. The molecule has 1 atom stereocenters. The highest BCUT2D eigenvalue weighted by atomic mass is 16.5. The van der Waals surface area contributed by atoms with Gasteiger partial charge in [-0.25, -0.2) is 0 Å². The van der Waals surface area contributed by atoms with Crippen molar-refractivity contribution >= 4 is 10.9 Å². The Bertz CT molecular complexity index is 603. The fraction of sp³-hybridized carbons (Fsp3) is 0.471. The topological polar surface area (TPSA) is 57.4 Å². The maximum atomic E-state index is 6.57. The maximum Gasteiger partial charge on any atom is 0.0917 e. The zero-order valence-electron chi connectivity index (χ0n) is 12.4. The number of nitrogens with zero attached hydrogens (tertiary/aromatic N) is 1. The quantitative estimate of drug-likeness (QED) is 0.939. The maximum absolute atomic E-state index is 6.57. The molecule has 4 heteroatoms. The highest BCUT2D eigenvalue weighted by molar-refractivity contribution is 5.79. The molecule has 2 N–H and O–H groups in total. The van der Waals surface area contributed by atoms with E-state index in [9.17, 15) is 0 Å². The van der Waals surface area contributed by atoms with Gasteiger partial charge in [-0.1, -0.05) is 18.2 Å². The van der Waals surface area contributed by atoms with Gasteiger partial charge in [-0.15, -0.1) is 0 Å². The predicted molar refractivity (Wildman–Crippen MR) is 83.1 cm³/mol. The molecule has 1 aromatic heterocycles. The molecule has 2 heterocycles. The lowest BCUT2D eigenvalue weighted by atomic mass is 9.82. The van der Waals surface area contributed by atoms with E-state index >= 15 is 0 Å². The van der Waals surface area contributed by atoms with Crippen LogP contribution in [-0.2, 0) is 9.47 Å². The van der Waals surface area contributed by atoms with Crippen molar-refractivity contribution in [1.82, 2.24) is 4.98 Å². The number of benzene rings is 1. The Hall–Kier alpha value is -1.49. The molecule has 1 aliphatic rings. The first kappa shape index (κ1) is 14.4. The third kappa shape index (κ3) is 2.79. The second-order valence-electron chi connectivity index (χ2n) is 5.54.